The van der Waals surface area contributed by atoms with Crippen LogP contribution in [0.25, 0.3) is 0 Å². The molecule has 1 N–H and O–H groups in total. The molecule has 0 bridgehead atoms. The van der Waals surface area contributed by atoms with Crippen molar-refractivity contribution in [3.05, 3.63) is 35.9 Å². The van der Waals surface area contributed by atoms with Gasteiger partial charge in [-0.25, -0.2) is 0 Å². The van der Waals surface area contributed by atoms with Crippen LogP contribution in [-0.2, 0) is 20.9 Å². The Kier molecular flexibility index (Phi) is 5.05. The molecule has 16 heavy (non-hydrogen) atoms. The van der Waals surface area contributed by atoms with Crippen LogP contribution in [0.15, 0.2) is 30.3 Å². The largest absolute Gasteiger partial charge is 0.481 e. The zero-order valence-corrected chi connectivity index (χ0v) is 9.23. The van der Waals surface area contributed by atoms with Crippen LogP contribution in [0.2, 0.25) is 0 Å². The molecule has 0 aliphatic heterocycles. The highest BCUT2D eigenvalue weighted by Gasteiger charge is 2.08. The van der Waals surface area contributed by atoms with E-state index < -0.39 is 5.97 Å². The maximum absolute atomic E-state index is 11.3. The number of rotatable bonds is 5. The summed E-state index contributed by atoms with van der Waals surface area (Å²) in [6.07, 6.45) is -0.110. The fourth-order valence-electron chi connectivity index (χ4n) is 1.15. The molecule has 0 atom stereocenters. The van der Waals surface area contributed by atoms with E-state index in [1.54, 1.807) is 6.92 Å². The third-order valence-electron chi connectivity index (χ3n) is 1.87. The average molecular weight is 221 g/mol. The fraction of sp³-hybridized carbons (Fsp3) is 0.333. The Balaban J connectivity index is 2.28. The standard InChI is InChI=1S/C12H15NO3/c1-2-15-11(13)8-12(14)16-9-10-6-4-3-5-7-10/h3-7,13H,2,8-9H2,1H3. The van der Waals surface area contributed by atoms with Crippen molar-refractivity contribution in [2.75, 3.05) is 6.61 Å². The highest BCUT2D eigenvalue weighted by molar-refractivity contribution is 5.92. The number of carbonyl (C=O) groups excluding carboxylic acids is 1. The van der Waals surface area contributed by atoms with Gasteiger partial charge in [-0.2, -0.15) is 0 Å². The fourth-order valence-corrected chi connectivity index (χ4v) is 1.15. The summed E-state index contributed by atoms with van der Waals surface area (Å²) in [6, 6.07) is 9.41. The molecule has 0 fully saturated rings. The normalized spacial score (nSPS) is 9.56. The number of hydrogen-bond donors (Lipinski definition) is 1. The van der Waals surface area contributed by atoms with Crippen molar-refractivity contribution in [2.45, 2.75) is 20.0 Å². The summed E-state index contributed by atoms with van der Waals surface area (Å²) in [6.45, 7) is 2.40. The van der Waals surface area contributed by atoms with Gasteiger partial charge in [-0.3, -0.25) is 10.2 Å². The van der Waals surface area contributed by atoms with Crippen molar-refractivity contribution >= 4 is 11.9 Å². The third-order valence-corrected chi connectivity index (χ3v) is 1.87. The van der Waals surface area contributed by atoms with Gasteiger partial charge in [0.1, 0.15) is 13.0 Å². The lowest BCUT2D eigenvalue weighted by Gasteiger charge is -2.06. The summed E-state index contributed by atoms with van der Waals surface area (Å²) in [5, 5.41) is 7.28. The average Bonchev–Trinajstić information content (AvgIpc) is 2.28. The minimum atomic E-state index is -0.442. The van der Waals surface area contributed by atoms with Crippen LogP contribution < -0.4 is 0 Å². The maximum atomic E-state index is 11.3. The number of ether oxygens (including phenoxy) is 2. The molecule has 1 aromatic carbocycles. The third kappa shape index (κ3) is 4.59. The monoisotopic (exact) mass is 221 g/mol. The second kappa shape index (κ2) is 6.61. The smallest absolute Gasteiger partial charge is 0.315 e. The summed E-state index contributed by atoms with van der Waals surface area (Å²) >= 11 is 0. The Labute approximate surface area is 94.7 Å². The summed E-state index contributed by atoms with van der Waals surface area (Å²) in [4.78, 5) is 11.3. The SMILES string of the molecule is CCOC(=N)CC(=O)OCc1ccccc1. The molecule has 1 rings (SSSR count). The predicted octanol–water partition coefficient (Wildman–Crippen LogP) is 2.13. The van der Waals surface area contributed by atoms with Crippen molar-refractivity contribution in [1.29, 1.82) is 5.41 Å². The number of benzene rings is 1. The Bertz CT molecular complexity index is 349. The quantitative estimate of drug-likeness (QED) is 0.470. The van der Waals surface area contributed by atoms with Crippen LogP contribution in [0.5, 0.6) is 0 Å². The van der Waals surface area contributed by atoms with E-state index in [9.17, 15) is 4.79 Å². The molecule has 0 heterocycles. The molecule has 0 aliphatic carbocycles. The molecule has 86 valence electrons. The van der Waals surface area contributed by atoms with Gasteiger partial charge in [0.05, 0.1) is 6.61 Å². The van der Waals surface area contributed by atoms with E-state index in [1.165, 1.54) is 0 Å². The molecule has 4 heteroatoms. The highest BCUT2D eigenvalue weighted by atomic mass is 16.5. The Morgan fingerprint density at radius 3 is 2.56 bits per heavy atom. The lowest BCUT2D eigenvalue weighted by atomic mass is 10.2. The van der Waals surface area contributed by atoms with Gasteiger partial charge < -0.3 is 9.47 Å². The van der Waals surface area contributed by atoms with Crippen molar-refractivity contribution in [3.8, 4) is 0 Å². The van der Waals surface area contributed by atoms with E-state index in [2.05, 4.69) is 0 Å². The van der Waals surface area contributed by atoms with Crippen molar-refractivity contribution in [3.63, 3.8) is 0 Å². The van der Waals surface area contributed by atoms with Gasteiger partial charge in [-0.1, -0.05) is 30.3 Å². The molecule has 0 unspecified atom stereocenters. The van der Waals surface area contributed by atoms with E-state index in [0.29, 0.717) is 6.61 Å². The maximum Gasteiger partial charge on any atom is 0.315 e. The summed E-state index contributed by atoms with van der Waals surface area (Å²) in [5.41, 5.74) is 0.929. The van der Waals surface area contributed by atoms with Crippen LogP contribution in [0.3, 0.4) is 0 Å². The van der Waals surface area contributed by atoms with Crippen molar-refractivity contribution in [2.24, 2.45) is 0 Å². The van der Waals surface area contributed by atoms with E-state index in [0.717, 1.165) is 5.56 Å². The molecular weight excluding hydrogens is 206 g/mol. The molecular formula is C12H15NO3. The Morgan fingerprint density at radius 1 is 1.25 bits per heavy atom. The second-order valence-electron chi connectivity index (χ2n) is 3.18. The Hall–Kier alpha value is -1.84. The highest BCUT2D eigenvalue weighted by Crippen LogP contribution is 2.02. The first-order chi connectivity index (χ1) is 7.72. The van der Waals surface area contributed by atoms with Gasteiger partial charge in [0.15, 0.2) is 5.90 Å². The topological polar surface area (TPSA) is 59.4 Å². The van der Waals surface area contributed by atoms with Crippen molar-refractivity contribution in [1.82, 2.24) is 0 Å². The van der Waals surface area contributed by atoms with E-state index in [4.69, 9.17) is 14.9 Å². The molecule has 0 saturated heterocycles. The first-order valence-corrected chi connectivity index (χ1v) is 5.12. The van der Waals surface area contributed by atoms with Gasteiger partial charge in [-0.15, -0.1) is 0 Å². The molecule has 4 nitrogen and oxygen atoms in total. The van der Waals surface area contributed by atoms with E-state index >= 15 is 0 Å². The first-order valence-electron chi connectivity index (χ1n) is 5.12. The summed E-state index contributed by atoms with van der Waals surface area (Å²) in [5.74, 6) is -0.497. The minimum Gasteiger partial charge on any atom is -0.481 e. The first kappa shape index (κ1) is 12.2. The Morgan fingerprint density at radius 2 is 1.94 bits per heavy atom. The minimum absolute atomic E-state index is 0.0550. The molecule has 0 saturated carbocycles. The van der Waals surface area contributed by atoms with Crippen molar-refractivity contribution < 1.29 is 14.3 Å². The van der Waals surface area contributed by atoms with Gasteiger partial charge >= 0.3 is 5.97 Å². The lowest BCUT2D eigenvalue weighted by Crippen LogP contribution is -2.13. The molecule has 0 aromatic heterocycles. The number of esters is 1. The zero-order valence-electron chi connectivity index (χ0n) is 9.23. The molecule has 0 spiro atoms. The number of carbonyl (C=O) groups is 1. The summed E-state index contributed by atoms with van der Waals surface area (Å²) < 4.78 is 9.83. The van der Waals surface area contributed by atoms with Crippen LogP contribution in [0.4, 0.5) is 0 Å². The van der Waals surface area contributed by atoms with Crippen LogP contribution >= 0.6 is 0 Å². The zero-order chi connectivity index (χ0) is 11.8. The van der Waals surface area contributed by atoms with Gasteiger partial charge in [0.2, 0.25) is 0 Å². The van der Waals surface area contributed by atoms with Crippen LogP contribution in [-0.4, -0.2) is 18.5 Å². The molecule has 0 radical (unpaired) electrons. The predicted molar refractivity (Wildman–Crippen MR) is 60.2 cm³/mol. The summed E-state index contributed by atoms with van der Waals surface area (Å²) in [7, 11) is 0. The number of nitrogens with one attached hydrogen (secondary N) is 1. The van der Waals surface area contributed by atoms with Crippen LogP contribution in [0.1, 0.15) is 18.9 Å². The van der Waals surface area contributed by atoms with Gasteiger partial charge in [0.25, 0.3) is 0 Å². The number of hydrogen-bond acceptors (Lipinski definition) is 4. The lowest BCUT2D eigenvalue weighted by molar-refractivity contribution is -0.143. The van der Waals surface area contributed by atoms with E-state index in [1.807, 2.05) is 30.3 Å². The second-order valence-corrected chi connectivity index (χ2v) is 3.18. The molecule has 0 aliphatic rings. The van der Waals surface area contributed by atoms with E-state index in [-0.39, 0.29) is 18.9 Å². The molecule has 0 amide bonds. The van der Waals surface area contributed by atoms with Crippen LogP contribution in [0, 0.1) is 5.41 Å². The van der Waals surface area contributed by atoms with Gasteiger partial charge in [-0.05, 0) is 12.5 Å². The van der Waals surface area contributed by atoms with Gasteiger partial charge in [0, 0.05) is 0 Å². The molecule has 1 aromatic rings.